The lowest BCUT2D eigenvalue weighted by Gasteiger charge is -2.19. The zero-order chi connectivity index (χ0) is 12.1. The van der Waals surface area contributed by atoms with E-state index in [2.05, 4.69) is 11.4 Å². The molecule has 2 rings (SSSR count). The van der Waals surface area contributed by atoms with Crippen molar-refractivity contribution in [3.63, 3.8) is 0 Å². The molecule has 1 aliphatic heterocycles. The largest absolute Gasteiger partial charge is 0.381 e. The Balaban J connectivity index is 1.74. The molecule has 4 nitrogen and oxygen atoms in total. The van der Waals surface area contributed by atoms with E-state index in [1.807, 2.05) is 0 Å². The van der Waals surface area contributed by atoms with E-state index < -0.39 is 5.41 Å². The Hall–Kier alpha value is -1.08. The molecule has 4 heteroatoms. The Labute approximate surface area is 102 Å². The van der Waals surface area contributed by atoms with Gasteiger partial charge in [0.15, 0.2) is 0 Å². The van der Waals surface area contributed by atoms with Crippen LogP contribution in [0.5, 0.6) is 0 Å². The van der Waals surface area contributed by atoms with Gasteiger partial charge in [-0.1, -0.05) is 12.8 Å². The number of rotatable bonds is 4. The van der Waals surface area contributed by atoms with Crippen molar-refractivity contribution < 1.29 is 9.53 Å². The molecule has 1 N–H and O–H groups in total. The van der Waals surface area contributed by atoms with Crippen LogP contribution < -0.4 is 5.32 Å². The number of nitrogens with one attached hydrogen (secondary N) is 1. The van der Waals surface area contributed by atoms with Crippen LogP contribution in [0.3, 0.4) is 0 Å². The summed E-state index contributed by atoms with van der Waals surface area (Å²) in [6.07, 6.45) is 5.51. The first kappa shape index (κ1) is 12.4. The number of hydrogen-bond acceptors (Lipinski definition) is 3. The fraction of sp³-hybridized carbons (Fsp3) is 0.846. The van der Waals surface area contributed by atoms with E-state index >= 15 is 0 Å². The summed E-state index contributed by atoms with van der Waals surface area (Å²) in [6, 6.07) is 2.22. The van der Waals surface area contributed by atoms with Crippen molar-refractivity contribution in [2.75, 3.05) is 19.8 Å². The van der Waals surface area contributed by atoms with E-state index in [1.54, 1.807) is 0 Å². The summed E-state index contributed by atoms with van der Waals surface area (Å²) in [6.45, 7) is 2.34. The highest BCUT2D eigenvalue weighted by Gasteiger charge is 2.41. The minimum Gasteiger partial charge on any atom is -0.381 e. The van der Waals surface area contributed by atoms with E-state index in [4.69, 9.17) is 10.00 Å². The monoisotopic (exact) mass is 236 g/mol. The molecule has 1 unspecified atom stereocenters. The van der Waals surface area contributed by atoms with Gasteiger partial charge in [-0.15, -0.1) is 0 Å². The lowest BCUT2D eigenvalue weighted by Crippen LogP contribution is -2.39. The van der Waals surface area contributed by atoms with Gasteiger partial charge in [0, 0.05) is 19.8 Å². The van der Waals surface area contributed by atoms with E-state index in [1.165, 1.54) is 0 Å². The Bertz CT molecular complexity index is 310. The molecule has 2 aliphatic rings. The fourth-order valence-corrected chi connectivity index (χ4v) is 2.74. The molecule has 94 valence electrons. The highest BCUT2D eigenvalue weighted by atomic mass is 16.5. The van der Waals surface area contributed by atoms with Gasteiger partial charge in [0.1, 0.15) is 5.41 Å². The molecule has 0 radical (unpaired) electrons. The average Bonchev–Trinajstić information content (AvgIpc) is 3.00. The second-order valence-corrected chi connectivity index (χ2v) is 5.18. The number of carbonyl (C=O) groups is 1. The second-order valence-electron chi connectivity index (χ2n) is 5.18. The molecule has 1 saturated heterocycles. The van der Waals surface area contributed by atoms with Crippen LogP contribution in [0, 0.1) is 22.7 Å². The SMILES string of the molecule is N#CC1(C(=O)NCCC2CCOC2)CCCC1. The van der Waals surface area contributed by atoms with Gasteiger partial charge in [-0.25, -0.2) is 0 Å². The number of amides is 1. The van der Waals surface area contributed by atoms with Gasteiger partial charge in [0.25, 0.3) is 0 Å². The van der Waals surface area contributed by atoms with Crippen LogP contribution in [-0.4, -0.2) is 25.7 Å². The van der Waals surface area contributed by atoms with Crippen molar-refractivity contribution >= 4 is 5.91 Å². The van der Waals surface area contributed by atoms with Crippen LogP contribution in [0.1, 0.15) is 38.5 Å². The Morgan fingerprint density at radius 1 is 1.47 bits per heavy atom. The number of hydrogen-bond donors (Lipinski definition) is 1. The third-order valence-electron chi connectivity index (χ3n) is 3.97. The van der Waals surface area contributed by atoms with Crippen molar-refractivity contribution in [1.29, 1.82) is 5.26 Å². The minimum atomic E-state index is -0.730. The Morgan fingerprint density at radius 2 is 2.24 bits per heavy atom. The lowest BCUT2D eigenvalue weighted by molar-refractivity contribution is -0.127. The topological polar surface area (TPSA) is 62.1 Å². The van der Waals surface area contributed by atoms with Gasteiger partial charge < -0.3 is 10.1 Å². The van der Waals surface area contributed by atoms with Crippen LogP contribution in [0.4, 0.5) is 0 Å². The molecule has 0 spiro atoms. The van der Waals surface area contributed by atoms with E-state index in [-0.39, 0.29) is 5.91 Å². The number of carbonyl (C=O) groups excluding carboxylic acids is 1. The predicted molar refractivity (Wildman–Crippen MR) is 63.1 cm³/mol. The highest BCUT2D eigenvalue weighted by molar-refractivity contribution is 5.85. The molecule has 2 fully saturated rings. The first-order valence-corrected chi connectivity index (χ1v) is 6.54. The molecule has 0 aromatic heterocycles. The predicted octanol–water partition coefficient (Wildman–Crippen LogP) is 1.61. The van der Waals surface area contributed by atoms with Gasteiger partial charge in [0.2, 0.25) is 5.91 Å². The molecule has 1 aliphatic carbocycles. The first-order valence-electron chi connectivity index (χ1n) is 6.54. The van der Waals surface area contributed by atoms with Crippen LogP contribution in [0.15, 0.2) is 0 Å². The fourth-order valence-electron chi connectivity index (χ4n) is 2.74. The third-order valence-corrected chi connectivity index (χ3v) is 3.97. The summed E-state index contributed by atoms with van der Waals surface area (Å²) in [4.78, 5) is 12.0. The van der Waals surface area contributed by atoms with Gasteiger partial charge >= 0.3 is 0 Å². The lowest BCUT2D eigenvalue weighted by atomic mass is 9.87. The maximum Gasteiger partial charge on any atom is 0.240 e. The summed E-state index contributed by atoms with van der Waals surface area (Å²) in [5, 5.41) is 12.1. The maximum absolute atomic E-state index is 12.0. The number of ether oxygens (including phenoxy) is 1. The summed E-state index contributed by atoms with van der Waals surface area (Å²) in [5.74, 6) is 0.522. The summed E-state index contributed by atoms with van der Waals surface area (Å²) in [7, 11) is 0. The molecular formula is C13H20N2O2. The van der Waals surface area contributed by atoms with Crippen molar-refractivity contribution in [2.24, 2.45) is 11.3 Å². The summed E-state index contributed by atoms with van der Waals surface area (Å²) in [5.41, 5.74) is -0.730. The highest BCUT2D eigenvalue weighted by Crippen LogP contribution is 2.37. The van der Waals surface area contributed by atoms with Gasteiger partial charge in [-0.2, -0.15) is 5.26 Å². The molecule has 0 bridgehead atoms. The van der Waals surface area contributed by atoms with Crippen LogP contribution >= 0.6 is 0 Å². The average molecular weight is 236 g/mol. The molecule has 1 saturated carbocycles. The smallest absolute Gasteiger partial charge is 0.240 e. The summed E-state index contributed by atoms with van der Waals surface area (Å²) >= 11 is 0. The number of nitrogens with zero attached hydrogens (tertiary/aromatic N) is 1. The summed E-state index contributed by atoms with van der Waals surface area (Å²) < 4.78 is 5.29. The first-order chi connectivity index (χ1) is 8.27. The third kappa shape index (κ3) is 2.78. The second kappa shape index (κ2) is 5.50. The molecule has 1 heterocycles. The zero-order valence-electron chi connectivity index (χ0n) is 10.2. The van der Waals surface area contributed by atoms with Crippen molar-refractivity contribution in [2.45, 2.75) is 38.5 Å². The molecular weight excluding hydrogens is 216 g/mol. The molecule has 0 aromatic rings. The van der Waals surface area contributed by atoms with E-state index in [0.717, 1.165) is 51.7 Å². The van der Waals surface area contributed by atoms with Gasteiger partial charge in [-0.3, -0.25) is 4.79 Å². The standard InChI is InChI=1S/C13H20N2O2/c14-10-13(5-1-2-6-13)12(16)15-7-3-11-4-8-17-9-11/h11H,1-9H2,(H,15,16). The quantitative estimate of drug-likeness (QED) is 0.806. The Kier molecular flexibility index (Phi) is 4.01. The Morgan fingerprint density at radius 3 is 2.82 bits per heavy atom. The molecule has 1 amide bonds. The van der Waals surface area contributed by atoms with Crippen molar-refractivity contribution in [1.82, 2.24) is 5.32 Å². The normalized spacial score (nSPS) is 26.6. The van der Waals surface area contributed by atoms with Crippen molar-refractivity contribution in [3.05, 3.63) is 0 Å². The zero-order valence-corrected chi connectivity index (χ0v) is 10.2. The van der Waals surface area contributed by atoms with E-state index in [9.17, 15) is 4.79 Å². The number of nitriles is 1. The van der Waals surface area contributed by atoms with Gasteiger partial charge in [-0.05, 0) is 31.6 Å². The van der Waals surface area contributed by atoms with E-state index in [0.29, 0.717) is 12.5 Å². The maximum atomic E-state index is 12.0. The van der Waals surface area contributed by atoms with Gasteiger partial charge in [0.05, 0.1) is 6.07 Å². The minimum absolute atomic E-state index is 0.0589. The van der Waals surface area contributed by atoms with Crippen LogP contribution in [0.2, 0.25) is 0 Å². The molecule has 0 aromatic carbocycles. The van der Waals surface area contributed by atoms with Crippen LogP contribution in [-0.2, 0) is 9.53 Å². The molecule has 1 atom stereocenters. The molecule has 17 heavy (non-hydrogen) atoms. The van der Waals surface area contributed by atoms with Crippen molar-refractivity contribution in [3.8, 4) is 6.07 Å². The van der Waals surface area contributed by atoms with Crippen LogP contribution in [0.25, 0.3) is 0 Å².